The maximum atomic E-state index is 12.0. The first-order chi connectivity index (χ1) is 9.75. The maximum absolute atomic E-state index is 12.0. The number of carbonyl (C=O) groups excluding carboxylic acids is 1. The molecule has 20 heavy (non-hydrogen) atoms. The van der Waals surface area contributed by atoms with E-state index in [1.165, 1.54) is 0 Å². The van der Waals surface area contributed by atoms with Gasteiger partial charge in [-0.25, -0.2) is 0 Å². The van der Waals surface area contributed by atoms with Gasteiger partial charge in [0.05, 0.1) is 12.1 Å². The van der Waals surface area contributed by atoms with Gasteiger partial charge in [0.25, 0.3) is 5.91 Å². The Bertz CT molecular complexity index is 500. The molecule has 1 atom stereocenters. The lowest BCUT2D eigenvalue weighted by molar-refractivity contribution is 0.0662. The van der Waals surface area contributed by atoms with Crippen molar-refractivity contribution in [3.8, 4) is 5.75 Å². The molecular formula is C15H18BrNO3. The number of nitrogens with one attached hydrogen (secondary N) is 1. The van der Waals surface area contributed by atoms with E-state index in [0.717, 1.165) is 31.6 Å². The number of fused-ring (bicyclic) bond motifs is 1. The summed E-state index contributed by atoms with van der Waals surface area (Å²) in [6.07, 6.45) is 2.10. The summed E-state index contributed by atoms with van der Waals surface area (Å²) in [5.74, 6) is 1.18. The van der Waals surface area contributed by atoms with Crippen molar-refractivity contribution in [3.63, 3.8) is 0 Å². The first-order valence-electron chi connectivity index (χ1n) is 7.02. The third-order valence-corrected chi connectivity index (χ3v) is 5.17. The molecule has 1 saturated heterocycles. The van der Waals surface area contributed by atoms with Crippen molar-refractivity contribution in [2.24, 2.45) is 5.92 Å². The monoisotopic (exact) mass is 339 g/mol. The van der Waals surface area contributed by atoms with E-state index in [-0.39, 0.29) is 10.7 Å². The van der Waals surface area contributed by atoms with Gasteiger partial charge in [0.1, 0.15) is 12.4 Å². The fourth-order valence-corrected chi connectivity index (χ4v) is 3.54. The molecule has 1 N–H and O–H groups in total. The number of amides is 1. The molecule has 2 aliphatic heterocycles. The predicted molar refractivity (Wildman–Crippen MR) is 79.5 cm³/mol. The van der Waals surface area contributed by atoms with Gasteiger partial charge in [-0.2, -0.15) is 0 Å². The van der Waals surface area contributed by atoms with Crippen molar-refractivity contribution >= 4 is 21.8 Å². The number of halogens is 1. The van der Waals surface area contributed by atoms with Crippen molar-refractivity contribution in [3.05, 3.63) is 29.3 Å². The number of hydrogen-bond acceptors (Lipinski definition) is 3. The Balaban J connectivity index is 1.85. The van der Waals surface area contributed by atoms with E-state index < -0.39 is 0 Å². The van der Waals surface area contributed by atoms with Crippen LogP contribution >= 0.6 is 15.9 Å². The summed E-state index contributed by atoms with van der Waals surface area (Å²) < 4.78 is 11.0. The molecule has 4 nitrogen and oxygen atoms in total. The largest absolute Gasteiger partial charge is 0.491 e. The van der Waals surface area contributed by atoms with Gasteiger partial charge in [0, 0.05) is 18.0 Å². The molecule has 0 spiro atoms. The highest BCUT2D eigenvalue weighted by Gasteiger charge is 2.25. The zero-order valence-corrected chi connectivity index (χ0v) is 12.8. The van der Waals surface area contributed by atoms with Crippen molar-refractivity contribution in [1.82, 2.24) is 5.32 Å². The number of carbonyl (C=O) groups is 1. The Labute approximate surface area is 127 Å². The van der Waals surface area contributed by atoms with E-state index in [2.05, 4.69) is 21.2 Å². The fraction of sp³-hybridized carbons (Fsp3) is 0.533. The molecule has 1 aromatic carbocycles. The Morgan fingerprint density at radius 2 is 2.05 bits per heavy atom. The molecule has 0 radical (unpaired) electrons. The minimum absolute atomic E-state index is 0.0500. The molecule has 3 rings (SSSR count). The van der Waals surface area contributed by atoms with E-state index in [4.69, 9.17) is 9.47 Å². The molecule has 108 valence electrons. The maximum Gasteiger partial charge on any atom is 0.255 e. The predicted octanol–water partition coefficient (Wildman–Crippen LogP) is 2.67. The van der Waals surface area contributed by atoms with Gasteiger partial charge in [0.2, 0.25) is 0 Å². The second kappa shape index (κ2) is 6.14. The third kappa shape index (κ3) is 2.83. The summed E-state index contributed by atoms with van der Waals surface area (Å²) in [6.45, 7) is 2.72. The Morgan fingerprint density at radius 1 is 1.25 bits per heavy atom. The number of hydrogen-bond donors (Lipinski definition) is 1. The third-order valence-electron chi connectivity index (χ3n) is 3.89. The highest BCUT2D eigenvalue weighted by atomic mass is 79.9. The van der Waals surface area contributed by atoms with Crippen LogP contribution in [0.3, 0.4) is 0 Å². The van der Waals surface area contributed by atoms with Crippen LogP contribution in [-0.2, 0) is 4.74 Å². The Kier molecular flexibility index (Phi) is 4.27. The topological polar surface area (TPSA) is 47.6 Å². The second-order valence-electron chi connectivity index (χ2n) is 5.21. The van der Waals surface area contributed by atoms with Gasteiger partial charge in [-0.15, -0.1) is 0 Å². The minimum Gasteiger partial charge on any atom is -0.491 e. The van der Waals surface area contributed by atoms with Gasteiger partial charge in [-0.3, -0.25) is 4.79 Å². The van der Waals surface area contributed by atoms with E-state index >= 15 is 0 Å². The molecule has 1 unspecified atom stereocenters. The van der Waals surface area contributed by atoms with Crippen LogP contribution in [0, 0.1) is 5.92 Å². The van der Waals surface area contributed by atoms with Crippen LogP contribution in [0.4, 0.5) is 0 Å². The minimum atomic E-state index is -0.0500. The lowest BCUT2D eigenvalue weighted by Gasteiger charge is -2.27. The van der Waals surface area contributed by atoms with Gasteiger partial charge >= 0.3 is 0 Å². The molecule has 1 aromatic rings. The molecule has 0 saturated carbocycles. The normalized spacial score (nSPS) is 21.4. The molecule has 2 heterocycles. The summed E-state index contributed by atoms with van der Waals surface area (Å²) in [4.78, 5) is 12.3. The molecule has 5 heteroatoms. The SMILES string of the molecule is O=C1NCCOc2ccc(C(Br)C3CCOCC3)cc21. The smallest absolute Gasteiger partial charge is 0.255 e. The zero-order valence-electron chi connectivity index (χ0n) is 11.2. The first-order valence-corrected chi connectivity index (χ1v) is 7.94. The van der Waals surface area contributed by atoms with E-state index in [1.54, 1.807) is 0 Å². The van der Waals surface area contributed by atoms with Crippen LogP contribution in [0.15, 0.2) is 18.2 Å². The number of benzene rings is 1. The number of rotatable bonds is 2. The number of alkyl halides is 1. The molecule has 1 amide bonds. The van der Waals surface area contributed by atoms with E-state index in [1.807, 2.05) is 18.2 Å². The highest BCUT2D eigenvalue weighted by molar-refractivity contribution is 9.09. The Morgan fingerprint density at radius 3 is 2.85 bits per heavy atom. The van der Waals surface area contributed by atoms with Crippen LogP contribution in [-0.4, -0.2) is 32.3 Å². The van der Waals surface area contributed by atoms with Gasteiger partial charge in [0.15, 0.2) is 0 Å². The first kappa shape index (κ1) is 13.9. The fourth-order valence-electron chi connectivity index (χ4n) is 2.72. The molecule has 0 bridgehead atoms. The lowest BCUT2D eigenvalue weighted by atomic mass is 9.91. The van der Waals surface area contributed by atoms with Crippen LogP contribution in [0.25, 0.3) is 0 Å². The molecule has 0 aliphatic carbocycles. The summed E-state index contributed by atoms with van der Waals surface area (Å²) in [7, 11) is 0. The quantitative estimate of drug-likeness (QED) is 0.842. The standard InChI is InChI=1S/C15H18BrNO3/c16-14(10-3-6-19-7-4-10)11-1-2-13-12(9-11)15(18)17-5-8-20-13/h1-2,9-10,14H,3-8H2,(H,17,18). The van der Waals surface area contributed by atoms with Gasteiger partial charge in [-0.1, -0.05) is 22.0 Å². The molecule has 0 aromatic heterocycles. The van der Waals surface area contributed by atoms with Crippen molar-refractivity contribution in [2.75, 3.05) is 26.4 Å². The van der Waals surface area contributed by atoms with Crippen LogP contribution in [0.2, 0.25) is 0 Å². The second-order valence-corrected chi connectivity index (χ2v) is 6.20. The van der Waals surface area contributed by atoms with E-state index in [0.29, 0.717) is 30.4 Å². The van der Waals surface area contributed by atoms with Crippen LogP contribution in [0.5, 0.6) is 5.75 Å². The summed E-state index contributed by atoms with van der Waals surface area (Å²) in [6, 6.07) is 5.90. The van der Waals surface area contributed by atoms with Crippen molar-refractivity contribution < 1.29 is 14.3 Å². The van der Waals surface area contributed by atoms with Gasteiger partial charge in [-0.05, 0) is 36.5 Å². The summed E-state index contributed by atoms with van der Waals surface area (Å²) in [5, 5.41) is 2.85. The van der Waals surface area contributed by atoms with E-state index in [9.17, 15) is 4.79 Å². The van der Waals surface area contributed by atoms with Crippen molar-refractivity contribution in [1.29, 1.82) is 0 Å². The average Bonchev–Trinajstić information content (AvgIpc) is 2.69. The Hall–Kier alpha value is -1.07. The van der Waals surface area contributed by atoms with Crippen molar-refractivity contribution in [2.45, 2.75) is 17.7 Å². The van der Waals surface area contributed by atoms with Gasteiger partial charge < -0.3 is 14.8 Å². The van der Waals surface area contributed by atoms with Crippen LogP contribution < -0.4 is 10.1 Å². The number of ether oxygens (including phenoxy) is 2. The highest BCUT2D eigenvalue weighted by Crippen LogP contribution is 2.38. The molecule has 2 aliphatic rings. The summed E-state index contributed by atoms with van der Waals surface area (Å²) >= 11 is 3.79. The lowest BCUT2D eigenvalue weighted by Crippen LogP contribution is -2.24. The average molecular weight is 340 g/mol. The zero-order chi connectivity index (χ0) is 13.9. The molecular weight excluding hydrogens is 322 g/mol. The molecule has 1 fully saturated rings. The summed E-state index contributed by atoms with van der Waals surface area (Å²) in [5.41, 5.74) is 1.77. The van der Waals surface area contributed by atoms with Crippen LogP contribution in [0.1, 0.15) is 33.6 Å².